The highest BCUT2D eigenvalue weighted by Gasteiger charge is 2.16. The van der Waals surface area contributed by atoms with E-state index in [2.05, 4.69) is 5.32 Å². The van der Waals surface area contributed by atoms with Crippen molar-refractivity contribution in [1.29, 1.82) is 0 Å². The van der Waals surface area contributed by atoms with Gasteiger partial charge in [-0.3, -0.25) is 19.7 Å². The number of hydrogen-bond acceptors (Lipinski definition) is 5. The minimum absolute atomic E-state index is 0.141. The van der Waals surface area contributed by atoms with Gasteiger partial charge in [0.1, 0.15) is 11.6 Å². The van der Waals surface area contributed by atoms with Crippen molar-refractivity contribution in [3.8, 4) is 5.75 Å². The van der Waals surface area contributed by atoms with Crippen LogP contribution in [0.2, 0.25) is 0 Å². The van der Waals surface area contributed by atoms with Gasteiger partial charge in [-0.05, 0) is 30.7 Å². The first kappa shape index (κ1) is 20.8. The van der Waals surface area contributed by atoms with Crippen LogP contribution in [-0.2, 0) is 16.1 Å². The molecule has 0 aromatic heterocycles. The second-order valence-corrected chi connectivity index (χ2v) is 5.85. The zero-order valence-corrected chi connectivity index (χ0v) is 15.3. The molecule has 0 aliphatic carbocycles. The minimum Gasteiger partial charge on any atom is -0.484 e. The maximum atomic E-state index is 12.9. The molecule has 0 aliphatic heterocycles. The topological polar surface area (TPSA) is 102 Å². The van der Waals surface area contributed by atoms with E-state index in [1.807, 2.05) is 0 Å². The number of hydrogen-bond donors (Lipinski definition) is 1. The zero-order chi connectivity index (χ0) is 20.5. The molecule has 0 fully saturated rings. The number of likely N-dealkylation sites (N-methyl/N-ethyl adjacent to an activating group) is 1. The van der Waals surface area contributed by atoms with Crippen LogP contribution >= 0.6 is 0 Å². The number of carbonyl (C=O) groups excluding carboxylic acids is 2. The predicted octanol–water partition coefficient (Wildman–Crippen LogP) is 2.28. The van der Waals surface area contributed by atoms with Gasteiger partial charge in [-0.1, -0.05) is 18.2 Å². The van der Waals surface area contributed by atoms with Crippen molar-refractivity contribution >= 4 is 17.5 Å². The predicted molar refractivity (Wildman–Crippen MR) is 99.1 cm³/mol. The molecule has 0 heterocycles. The molecule has 0 saturated heterocycles. The summed E-state index contributed by atoms with van der Waals surface area (Å²) in [6.07, 6.45) is 0. The number of amides is 2. The largest absolute Gasteiger partial charge is 0.484 e. The van der Waals surface area contributed by atoms with Crippen LogP contribution in [0.15, 0.2) is 48.5 Å². The molecule has 9 heteroatoms. The van der Waals surface area contributed by atoms with Crippen LogP contribution in [0.3, 0.4) is 0 Å². The van der Waals surface area contributed by atoms with Crippen LogP contribution in [0.5, 0.6) is 5.75 Å². The van der Waals surface area contributed by atoms with Crippen molar-refractivity contribution in [3.05, 3.63) is 70.0 Å². The number of nitrogens with one attached hydrogen (secondary N) is 1. The Morgan fingerprint density at radius 3 is 2.57 bits per heavy atom. The number of nitro groups is 1. The van der Waals surface area contributed by atoms with Gasteiger partial charge in [0.25, 0.3) is 11.6 Å². The highest BCUT2D eigenvalue weighted by Crippen LogP contribution is 2.19. The van der Waals surface area contributed by atoms with E-state index in [9.17, 15) is 24.1 Å². The number of nitro benzene ring substituents is 1. The van der Waals surface area contributed by atoms with Crippen LogP contribution in [0.4, 0.5) is 10.1 Å². The zero-order valence-electron chi connectivity index (χ0n) is 15.3. The average Bonchev–Trinajstić information content (AvgIpc) is 2.70. The molecule has 0 atom stereocenters. The summed E-state index contributed by atoms with van der Waals surface area (Å²) >= 11 is 0. The highest BCUT2D eigenvalue weighted by atomic mass is 19.1. The van der Waals surface area contributed by atoms with Crippen molar-refractivity contribution in [1.82, 2.24) is 10.2 Å². The lowest BCUT2D eigenvalue weighted by atomic mass is 10.2. The summed E-state index contributed by atoms with van der Waals surface area (Å²) in [6.45, 7) is 1.73. The van der Waals surface area contributed by atoms with Crippen molar-refractivity contribution in [2.45, 2.75) is 13.5 Å². The number of halogens is 1. The molecule has 8 nitrogen and oxygen atoms in total. The van der Waals surface area contributed by atoms with E-state index in [0.29, 0.717) is 6.54 Å². The quantitative estimate of drug-likeness (QED) is 0.524. The highest BCUT2D eigenvalue weighted by molar-refractivity contribution is 5.85. The van der Waals surface area contributed by atoms with E-state index in [1.54, 1.807) is 19.1 Å². The average molecular weight is 389 g/mol. The number of carbonyl (C=O) groups is 2. The van der Waals surface area contributed by atoms with Gasteiger partial charge < -0.3 is 15.0 Å². The van der Waals surface area contributed by atoms with Gasteiger partial charge in [0.2, 0.25) is 5.91 Å². The Kier molecular flexibility index (Phi) is 7.44. The first-order valence-electron chi connectivity index (χ1n) is 8.55. The van der Waals surface area contributed by atoms with Gasteiger partial charge in [0.05, 0.1) is 17.5 Å². The van der Waals surface area contributed by atoms with E-state index in [-0.39, 0.29) is 42.9 Å². The number of non-ortho nitro benzene ring substituents is 1. The van der Waals surface area contributed by atoms with E-state index in [1.165, 1.54) is 41.3 Å². The van der Waals surface area contributed by atoms with Crippen LogP contribution in [0.25, 0.3) is 0 Å². The molecule has 0 unspecified atom stereocenters. The lowest BCUT2D eigenvalue weighted by Gasteiger charge is -2.20. The molecule has 2 amide bonds. The molecular formula is C19H20FN3O5. The van der Waals surface area contributed by atoms with Crippen LogP contribution in [0, 0.1) is 15.9 Å². The molecule has 28 heavy (non-hydrogen) atoms. The Hall–Kier alpha value is -3.49. The van der Waals surface area contributed by atoms with Crippen molar-refractivity contribution in [3.63, 3.8) is 0 Å². The second-order valence-electron chi connectivity index (χ2n) is 5.85. The van der Waals surface area contributed by atoms with E-state index >= 15 is 0 Å². The molecular weight excluding hydrogens is 369 g/mol. The maximum absolute atomic E-state index is 12.9. The molecule has 148 valence electrons. The molecule has 2 aromatic rings. The lowest BCUT2D eigenvalue weighted by Crippen LogP contribution is -2.42. The summed E-state index contributed by atoms with van der Waals surface area (Å²) in [5.41, 5.74) is 0.593. The fourth-order valence-corrected chi connectivity index (χ4v) is 2.33. The third kappa shape index (κ3) is 6.35. The SMILES string of the molecule is CCN(CC(=O)NCc1ccc(F)cc1)C(=O)COc1cccc([N+](=O)[O-])c1. The third-order valence-electron chi connectivity index (χ3n) is 3.86. The second kappa shape index (κ2) is 10.0. The smallest absolute Gasteiger partial charge is 0.273 e. The molecule has 2 rings (SSSR count). The van der Waals surface area contributed by atoms with Crippen molar-refractivity contribution in [2.75, 3.05) is 19.7 Å². The summed E-state index contributed by atoms with van der Waals surface area (Å²) in [5, 5.41) is 13.4. The molecule has 0 aliphatic rings. The molecule has 0 spiro atoms. The maximum Gasteiger partial charge on any atom is 0.273 e. The van der Waals surface area contributed by atoms with Gasteiger partial charge in [-0.2, -0.15) is 0 Å². The molecule has 0 saturated carbocycles. The fourth-order valence-electron chi connectivity index (χ4n) is 2.33. The summed E-state index contributed by atoms with van der Waals surface area (Å²) in [5.74, 6) is -0.957. The van der Waals surface area contributed by atoms with Gasteiger partial charge in [-0.15, -0.1) is 0 Å². The van der Waals surface area contributed by atoms with Gasteiger partial charge >= 0.3 is 0 Å². The standard InChI is InChI=1S/C19H20FN3O5/c1-2-22(12-18(24)21-11-14-6-8-15(20)9-7-14)19(25)13-28-17-5-3-4-16(10-17)23(26)27/h3-10H,2,11-13H2,1H3,(H,21,24). The Balaban J connectivity index is 1.83. The van der Waals surface area contributed by atoms with Gasteiger partial charge in [-0.25, -0.2) is 4.39 Å². The Morgan fingerprint density at radius 2 is 1.93 bits per heavy atom. The van der Waals surface area contributed by atoms with Crippen LogP contribution in [0.1, 0.15) is 12.5 Å². The summed E-state index contributed by atoms with van der Waals surface area (Å²) < 4.78 is 18.2. The number of nitrogens with zero attached hydrogens (tertiary/aromatic N) is 2. The molecule has 1 N–H and O–H groups in total. The first-order chi connectivity index (χ1) is 13.4. The summed E-state index contributed by atoms with van der Waals surface area (Å²) in [4.78, 5) is 35.8. The van der Waals surface area contributed by atoms with Crippen LogP contribution < -0.4 is 10.1 Å². The normalized spacial score (nSPS) is 10.2. The van der Waals surface area contributed by atoms with Crippen molar-refractivity contribution < 1.29 is 23.6 Å². The minimum atomic E-state index is -0.557. The number of rotatable bonds is 9. The third-order valence-corrected chi connectivity index (χ3v) is 3.86. The van der Waals surface area contributed by atoms with Crippen molar-refractivity contribution in [2.24, 2.45) is 0 Å². The summed E-state index contributed by atoms with van der Waals surface area (Å²) in [6, 6.07) is 11.2. The fraction of sp³-hybridized carbons (Fsp3) is 0.263. The van der Waals surface area contributed by atoms with Crippen LogP contribution in [-0.4, -0.2) is 41.3 Å². The Bertz CT molecular complexity index is 842. The van der Waals surface area contributed by atoms with E-state index in [0.717, 1.165) is 5.56 Å². The monoisotopic (exact) mass is 389 g/mol. The molecule has 0 bridgehead atoms. The number of ether oxygens (including phenoxy) is 1. The Labute approximate surface area is 161 Å². The van der Waals surface area contributed by atoms with Gasteiger partial charge in [0.15, 0.2) is 6.61 Å². The molecule has 0 radical (unpaired) electrons. The molecule has 2 aromatic carbocycles. The summed E-state index contributed by atoms with van der Waals surface area (Å²) in [7, 11) is 0. The van der Waals surface area contributed by atoms with Gasteiger partial charge in [0, 0.05) is 19.2 Å². The van der Waals surface area contributed by atoms with E-state index < -0.39 is 10.8 Å². The van der Waals surface area contributed by atoms with E-state index in [4.69, 9.17) is 4.74 Å². The lowest BCUT2D eigenvalue weighted by molar-refractivity contribution is -0.384. The first-order valence-corrected chi connectivity index (χ1v) is 8.55. The number of benzene rings is 2. The Morgan fingerprint density at radius 1 is 1.21 bits per heavy atom.